The lowest BCUT2D eigenvalue weighted by molar-refractivity contribution is 1.16. The Balaban J connectivity index is 2.00. The molecule has 0 bridgehead atoms. The predicted octanol–water partition coefficient (Wildman–Crippen LogP) is 6.21. The Labute approximate surface area is 140 Å². The zero-order chi connectivity index (χ0) is 16.1. The van der Waals surface area contributed by atoms with Gasteiger partial charge in [0.25, 0.3) is 0 Å². The minimum Gasteiger partial charge on any atom is -0.265 e. The van der Waals surface area contributed by atoms with E-state index in [0.29, 0.717) is 0 Å². The summed E-state index contributed by atoms with van der Waals surface area (Å²) in [5.74, 6) is 0. The summed E-state index contributed by atoms with van der Waals surface area (Å²) in [7, 11) is 0. The van der Waals surface area contributed by atoms with Crippen molar-refractivity contribution in [3.63, 3.8) is 0 Å². The summed E-state index contributed by atoms with van der Waals surface area (Å²) >= 11 is 0. The molecule has 0 fully saturated rings. The highest BCUT2D eigenvalue weighted by Gasteiger charge is 2.13. The number of hydrogen-bond donors (Lipinski definition) is 0. The van der Waals surface area contributed by atoms with Crippen LogP contribution >= 0.6 is 0 Å². The highest BCUT2D eigenvalue weighted by Crippen LogP contribution is 2.40. The Morgan fingerprint density at radius 1 is 0.667 bits per heavy atom. The number of rotatable bonds is 2. The minimum absolute atomic E-state index is 1.06. The number of aromatic nitrogens is 1. The lowest BCUT2D eigenvalue weighted by Gasteiger charge is -2.15. The van der Waals surface area contributed by atoms with E-state index >= 15 is 0 Å². The van der Waals surface area contributed by atoms with Gasteiger partial charge in [-0.15, -0.1) is 0 Å². The lowest BCUT2D eigenvalue weighted by Crippen LogP contribution is -1.90. The van der Waals surface area contributed by atoms with Crippen molar-refractivity contribution in [1.82, 2.24) is 4.98 Å². The van der Waals surface area contributed by atoms with Crippen LogP contribution in [-0.4, -0.2) is 4.98 Å². The molecule has 5 rings (SSSR count). The van der Waals surface area contributed by atoms with E-state index in [1.54, 1.807) is 0 Å². The fourth-order valence-corrected chi connectivity index (χ4v) is 3.95. The fourth-order valence-electron chi connectivity index (χ4n) is 3.95. The van der Waals surface area contributed by atoms with Crippen LogP contribution in [0.4, 0.5) is 0 Å². The van der Waals surface area contributed by atoms with E-state index in [1.165, 1.54) is 49.0 Å². The van der Waals surface area contributed by atoms with Crippen LogP contribution in [0.15, 0.2) is 73.1 Å². The van der Waals surface area contributed by atoms with Crippen molar-refractivity contribution in [2.75, 3.05) is 0 Å². The molecule has 0 aliphatic carbocycles. The molecule has 0 aliphatic heterocycles. The zero-order valence-electron chi connectivity index (χ0n) is 13.6. The van der Waals surface area contributed by atoms with Gasteiger partial charge in [-0.1, -0.05) is 55.5 Å². The third kappa shape index (κ3) is 1.78. The van der Waals surface area contributed by atoms with Gasteiger partial charge in [0, 0.05) is 12.4 Å². The number of hydrogen-bond acceptors (Lipinski definition) is 1. The molecule has 1 heteroatoms. The normalized spacial score (nSPS) is 11.7. The standard InChI is InChI=1S/C23H17N/c1-2-15-3-4-17-7-10-21-19(16-11-13-24-14-12-16)8-5-18-6-9-20(15)22(17)23(18)21/h3-14H,2H2,1H3. The molecular formula is C23H17N. The molecule has 0 N–H and O–H groups in total. The number of aryl methyl sites for hydroxylation is 1. The smallest absolute Gasteiger partial charge is 0.0273 e. The Morgan fingerprint density at radius 3 is 2.04 bits per heavy atom. The van der Waals surface area contributed by atoms with Gasteiger partial charge >= 0.3 is 0 Å². The van der Waals surface area contributed by atoms with Gasteiger partial charge in [0.2, 0.25) is 0 Å². The van der Waals surface area contributed by atoms with E-state index in [4.69, 9.17) is 0 Å². The quantitative estimate of drug-likeness (QED) is 0.353. The summed E-state index contributed by atoms with van der Waals surface area (Å²) in [5.41, 5.74) is 3.92. The van der Waals surface area contributed by atoms with E-state index in [1.807, 2.05) is 12.4 Å². The van der Waals surface area contributed by atoms with Gasteiger partial charge in [0.1, 0.15) is 0 Å². The molecule has 4 aromatic carbocycles. The lowest BCUT2D eigenvalue weighted by atomic mass is 9.88. The number of benzene rings is 4. The monoisotopic (exact) mass is 307 g/mol. The first-order valence-electron chi connectivity index (χ1n) is 8.46. The van der Waals surface area contributed by atoms with Crippen LogP contribution in [0.5, 0.6) is 0 Å². The Morgan fingerprint density at radius 2 is 1.29 bits per heavy atom. The second-order valence-corrected chi connectivity index (χ2v) is 6.35. The molecule has 0 saturated carbocycles. The molecule has 0 unspecified atom stereocenters. The van der Waals surface area contributed by atoms with E-state index in [9.17, 15) is 0 Å². The molecule has 1 nitrogen and oxygen atoms in total. The minimum atomic E-state index is 1.06. The van der Waals surface area contributed by atoms with Crippen molar-refractivity contribution in [2.45, 2.75) is 13.3 Å². The molecule has 0 spiro atoms. The second-order valence-electron chi connectivity index (χ2n) is 6.35. The third-order valence-electron chi connectivity index (χ3n) is 5.13. The second kappa shape index (κ2) is 5.04. The molecule has 0 radical (unpaired) electrons. The van der Waals surface area contributed by atoms with Crippen molar-refractivity contribution in [3.8, 4) is 11.1 Å². The van der Waals surface area contributed by atoms with E-state index < -0.39 is 0 Å². The first-order valence-corrected chi connectivity index (χ1v) is 8.46. The van der Waals surface area contributed by atoms with Crippen LogP contribution in [0.3, 0.4) is 0 Å². The molecule has 114 valence electrons. The summed E-state index contributed by atoms with van der Waals surface area (Å²) in [4.78, 5) is 4.16. The fraction of sp³-hybridized carbons (Fsp3) is 0.0870. The summed E-state index contributed by atoms with van der Waals surface area (Å²) in [6.45, 7) is 2.23. The number of nitrogens with zero attached hydrogens (tertiary/aromatic N) is 1. The summed E-state index contributed by atoms with van der Waals surface area (Å²) in [6, 6.07) is 22.3. The van der Waals surface area contributed by atoms with Crippen molar-refractivity contribution < 1.29 is 0 Å². The molecule has 24 heavy (non-hydrogen) atoms. The van der Waals surface area contributed by atoms with Crippen molar-refractivity contribution in [3.05, 3.63) is 78.6 Å². The van der Waals surface area contributed by atoms with Crippen LogP contribution < -0.4 is 0 Å². The van der Waals surface area contributed by atoms with Gasteiger partial charge in [0.15, 0.2) is 0 Å². The Kier molecular flexibility index (Phi) is 2.83. The molecular weight excluding hydrogens is 290 g/mol. The SMILES string of the molecule is CCc1ccc2ccc3c(-c4ccncc4)ccc4ccc1c2c43. The topological polar surface area (TPSA) is 12.9 Å². The molecule has 0 atom stereocenters. The van der Waals surface area contributed by atoms with Crippen molar-refractivity contribution in [2.24, 2.45) is 0 Å². The summed E-state index contributed by atoms with van der Waals surface area (Å²) < 4.78 is 0. The first-order chi connectivity index (χ1) is 11.9. The van der Waals surface area contributed by atoms with Gasteiger partial charge < -0.3 is 0 Å². The maximum absolute atomic E-state index is 4.16. The Bertz CT molecular complexity index is 1170. The average molecular weight is 307 g/mol. The van der Waals surface area contributed by atoms with Crippen LogP contribution in [0, 0.1) is 0 Å². The molecule has 0 saturated heterocycles. The third-order valence-corrected chi connectivity index (χ3v) is 5.13. The summed E-state index contributed by atoms with van der Waals surface area (Å²) in [5, 5.41) is 8.14. The van der Waals surface area contributed by atoms with Gasteiger partial charge in [-0.3, -0.25) is 4.98 Å². The molecule has 0 amide bonds. The largest absolute Gasteiger partial charge is 0.265 e. The van der Waals surface area contributed by atoms with Crippen molar-refractivity contribution in [1.29, 1.82) is 0 Å². The van der Waals surface area contributed by atoms with Crippen LogP contribution in [-0.2, 0) is 6.42 Å². The van der Waals surface area contributed by atoms with E-state index in [2.05, 4.69) is 72.6 Å². The molecule has 0 aliphatic rings. The molecule has 5 aromatic rings. The van der Waals surface area contributed by atoms with Gasteiger partial charge in [-0.25, -0.2) is 0 Å². The van der Waals surface area contributed by atoms with E-state index in [0.717, 1.165) is 6.42 Å². The highest BCUT2D eigenvalue weighted by atomic mass is 14.6. The first kappa shape index (κ1) is 13.5. The molecule has 1 aromatic heterocycles. The summed E-state index contributed by atoms with van der Waals surface area (Å²) in [6.07, 6.45) is 4.79. The van der Waals surface area contributed by atoms with Gasteiger partial charge in [-0.05, 0) is 67.6 Å². The molecule has 1 heterocycles. The average Bonchev–Trinajstić information content (AvgIpc) is 2.66. The van der Waals surface area contributed by atoms with Gasteiger partial charge in [0.05, 0.1) is 0 Å². The van der Waals surface area contributed by atoms with Crippen LogP contribution in [0.1, 0.15) is 12.5 Å². The van der Waals surface area contributed by atoms with Gasteiger partial charge in [-0.2, -0.15) is 0 Å². The predicted molar refractivity (Wildman–Crippen MR) is 103 cm³/mol. The zero-order valence-corrected chi connectivity index (χ0v) is 13.6. The number of pyridine rings is 1. The van der Waals surface area contributed by atoms with E-state index in [-0.39, 0.29) is 0 Å². The maximum atomic E-state index is 4.16. The van der Waals surface area contributed by atoms with Crippen molar-refractivity contribution >= 4 is 32.3 Å². The van der Waals surface area contributed by atoms with Crippen LogP contribution in [0.2, 0.25) is 0 Å². The maximum Gasteiger partial charge on any atom is 0.0273 e. The Hall–Kier alpha value is -2.93. The highest BCUT2D eigenvalue weighted by molar-refractivity contribution is 6.25. The van der Waals surface area contributed by atoms with Crippen LogP contribution in [0.25, 0.3) is 43.4 Å².